The van der Waals surface area contributed by atoms with E-state index in [-0.39, 0.29) is 18.1 Å². The molecule has 1 aromatic heterocycles. The van der Waals surface area contributed by atoms with Gasteiger partial charge in [0.15, 0.2) is 0 Å². The fourth-order valence-electron chi connectivity index (χ4n) is 3.88. The molecule has 150 valence electrons. The highest BCUT2D eigenvalue weighted by molar-refractivity contribution is 5.94. The van der Waals surface area contributed by atoms with E-state index in [4.69, 9.17) is 9.72 Å². The highest BCUT2D eigenvalue weighted by Crippen LogP contribution is 2.39. The van der Waals surface area contributed by atoms with Crippen LogP contribution in [0.15, 0.2) is 59.8 Å². The van der Waals surface area contributed by atoms with Gasteiger partial charge in [-0.15, -0.1) is 0 Å². The minimum atomic E-state index is -0.300. The van der Waals surface area contributed by atoms with Crippen molar-refractivity contribution in [2.75, 3.05) is 5.32 Å². The summed E-state index contributed by atoms with van der Waals surface area (Å²) in [5.41, 5.74) is 5.57. The quantitative estimate of drug-likeness (QED) is 0.607. The Hall–Kier alpha value is -3.08. The van der Waals surface area contributed by atoms with Crippen LogP contribution in [0.5, 0.6) is 0 Å². The van der Waals surface area contributed by atoms with Crippen molar-refractivity contribution < 1.29 is 9.53 Å². The Balaban J connectivity index is 1.92. The Morgan fingerprint density at radius 1 is 1.07 bits per heavy atom. The molecule has 5 heteroatoms. The zero-order valence-corrected chi connectivity index (χ0v) is 17.6. The first-order chi connectivity index (χ1) is 13.9. The Bertz CT molecular complexity index is 1090. The van der Waals surface area contributed by atoms with Crippen LogP contribution in [0, 0.1) is 0 Å². The molecule has 2 aromatic carbocycles. The molecule has 0 spiro atoms. The SMILES string of the molecule is CC1=C(C(=O)OC(C)C)[C@H](c2ccc(C(C)C)cc2)n2c(nc3ccccc32)N1. The number of hydrogen-bond donors (Lipinski definition) is 1. The molecule has 1 aliphatic rings. The summed E-state index contributed by atoms with van der Waals surface area (Å²) < 4.78 is 7.71. The summed E-state index contributed by atoms with van der Waals surface area (Å²) in [6.45, 7) is 10.0. The highest BCUT2D eigenvalue weighted by Gasteiger charge is 2.35. The second kappa shape index (κ2) is 7.39. The summed E-state index contributed by atoms with van der Waals surface area (Å²) in [5.74, 6) is 0.887. The molecular weight excluding hydrogens is 362 g/mol. The molecule has 0 saturated carbocycles. The van der Waals surface area contributed by atoms with Crippen molar-refractivity contribution >= 4 is 23.0 Å². The summed E-state index contributed by atoms with van der Waals surface area (Å²) in [6, 6.07) is 16.2. The van der Waals surface area contributed by atoms with Crippen LogP contribution in [0.25, 0.3) is 11.0 Å². The van der Waals surface area contributed by atoms with E-state index in [1.807, 2.05) is 45.0 Å². The van der Waals surface area contributed by atoms with E-state index in [9.17, 15) is 4.79 Å². The lowest BCUT2D eigenvalue weighted by molar-refractivity contribution is -0.143. The molecule has 5 nitrogen and oxygen atoms in total. The van der Waals surface area contributed by atoms with E-state index in [1.54, 1.807) is 0 Å². The van der Waals surface area contributed by atoms with Crippen molar-refractivity contribution in [1.82, 2.24) is 9.55 Å². The van der Waals surface area contributed by atoms with Crippen molar-refractivity contribution in [3.8, 4) is 0 Å². The number of para-hydroxylation sites is 2. The molecule has 0 unspecified atom stereocenters. The third-order valence-corrected chi connectivity index (χ3v) is 5.31. The summed E-state index contributed by atoms with van der Waals surface area (Å²) in [7, 11) is 0. The number of anilines is 1. The van der Waals surface area contributed by atoms with E-state index >= 15 is 0 Å². The number of rotatable bonds is 4. The van der Waals surface area contributed by atoms with Crippen molar-refractivity contribution in [2.45, 2.75) is 52.7 Å². The standard InChI is InChI=1S/C24H27N3O2/c1-14(2)17-10-12-18(13-11-17)22-21(23(28)29-15(3)4)16(5)25-24-26-19-8-6-7-9-20(19)27(22)24/h6-15,22H,1-5H3,(H,25,26)/t22-/m0/s1. The molecule has 2 heterocycles. The Morgan fingerprint density at radius 2 is 1.76 bits per heavy atom. The number of carbonyl (C=O) groups is 1. The predicted molar refractivity (Wildman–Crippen MR) is 116 cm³/mol. The molecule has 0 radical (unpaired) electrons. The van der Waals surface area contributed by atoms with Gasteiger partial charge in [-0.25, -0.2) is 9.78 Å². The molecule has 0 saturated heterocycles. The first-order valence-electron chi connectivity index (χ1n) is 10.1. The molecule has 0 amide bonds. The van der Waals surface area contributed by atoms with Crippen molar-refractivity contribution in [3.05, 3.63) is 70.9 Å². The number of ether oxygens (including phenoxy) is 1. The summed E-state index contributed by atoms with van der Waals surface area (Å²) >= 11 is 0. The molecule has 29 heavy (non-hydrogen) atoms. The van der Waals surface area contributed by atoms with E-state index in [2.05, 4.69) is 48.0 Å². The lowest BCUT2D eigenvalue weighted by atomic mass is 9.92. The van der Waals surface area contributed by atoms with Crippen LogP contribution in [0.1, 0.15) is 57.7 Å². The van der Waals surface area contributed by atoms with Crippen molar-refractivity contribution in [3.63, 3.8) is 0 Å². The highest BCUT2D eigenvalue weighted by atomic mass is 16.5. The molecule has 1 atom stereocenters. The van der Waals surface area contributed by atoms with Crippen LogP contribution in [0.2, 0.25) is 0 Å². The molecule has 3 aromatic rings. The van der Waals surface area contributed by atoms with Gasteiger partial charge < -0.3 is 10.1 Å². The van der Waals surface area contributed by atoms with E-state index in [1.165, 1.54) is 5.56 Å². The van der Waals surface area contributed by atoms with Crippen LogP contribution in [0.3, 0.4) is 0 Å². The van der Waals surface area contributed by atoms with Crippen LogP contribution in [0.4, 0.5) is 5.95 Å². The van der Waals surface area contributed by atoms with Gasteiger partial charge in [-0.05, 0) is 49.9 Å². The number of nitrogens with one attached hydrogen (secondary N) is 1. The van der Waals surface area contributed by atoms with Crippen molar-refractivity contribution in [1.29, 1.82) is 0 Å². The molecule has 4 rings (SSSR count). The first-order valence-corrected chi connectivity index (χ1v) is 10.1. The number of esters is 1. The minimum absolute atomic E-state index is 0.187. The van der Waals surface area contributed by atoms with Gasteiger partial charge in [0.2, 0.25) is 5.95 Å². The maximum Gasteiger partial charge on any atom is 0.338 e. The topological polar surface area (TPSA) is 56.2 Å². The minimum Gasteiger partial charge on any atom is -0.459 e. The smallest absolute Gasteiger partial charge is 0.338 e. The normalized spacial score (nSPS) is 16.3. The van der Waals surface area contributed by atoms with Crippen molar-refractivity contribution in [2.24, 2.45) is 0 Å². The number of aromatic nitrogens is 2. The number of imidazole rings is 1. The van der Waals surface area contributed by atoms with Gasteiger partial charge >= 0.3 is 5.97 Å². The average molecular weight is 389 g/mol. The summed E-state index contributed by atoms with van der Waals surface area (Å²) in [5, 5.41) is 3.31. The van der Waals surface area contributed by atoms with Gasteiger partial charge in [0.1, 0.15) is 0 Å². The van der Waals surface area contributed by atoms with Gasteiger partial charge in [-0.1, -0.05) is 50.2 Å². The number of carbonyl (C=O) groups excluding carboxylic acids is 1. The second-order valence-electron chi connectivity index (χ2n) is 8.14. The van der Waals surface area contributed by atoms with Gasteiger partial charge in [0.05, 0.1) is 28.8 Å². The number of allylic oxidation sites excluding steroid dienone is 1. The lowest BCUT2D eigenvalue weighted by Gasteiger charge is -2.30. The molecule has 1 aliphatic heterocycles. The Kier molecular flexibility index (Phi) is 4.91. The van der Waals surface area contributed by atoms with Gasteiger partial charge in [0.25, 0.3) is 0 Å². The monoisotopic (exact) mass is 389 g/mol. The maximum absolute atomic E-state index is 13.1. The third kappa shape index (κ3) is 3.41. The largest absolute Gasteiger partial charge is 0.459 e. The van der Waals surface area contributed by atoms with Crippen LogP contribution in [-0.2, 0) is 9.53 Å². The van der Waals surface area contributed by atoms with E-state index in [0.717, 1.165) is 28.2 Å². The fraction of sp³-hybridized carbons (Fsp3) is 0.333. The van der Waals surface area contributed by atoms with E-state index < -0.39 is 0 Å². The molecule has 0 bridgehead atoms. The van der Waals surface area contributed by atoms with Gasteiger partial charge in [-0.2, -0.15) is 0 Å². The predicted octanol–water partition coefficient (Wildman–Crippen LogP) is 5.40. The zero-order valence-electron chi connectivity index (χ0n) is 17.6. The van der Waals surface area contributed by atoms with Crippen LogP contribution >= 0.6 is 0 Å². The Labute approximate surface area is 171 Å². The average Bonchev–Trinajstić information content (AvgIpc) is 3.04. The van der Waals surface area contributed by atoms with Gasteiger partial charge in [-0.3, -0.25) is 4.57 Å². The summed E-state index contributed by atoms with van der Waals surface area (Å²) in [4.78, 5) is 17.8. The number of fused-ring (bicyclic) bond motifs is 3. The van der Waals surface area contributed by atoms with Crippen LogP contribution < -0.4 is 5.32 Å². The van der Waals surface area contributed by atoms with E-state index in [0.29, 0.717) is 11.5 Å². The molecule has 0 fully saturated rings. The molecular formula is C24H27N3O2. The fourth-order valence-corrected chi connectivity index (χ4v) is 3.88. The van der Waals surface area contributed by atoms with Crippen LogP contribution in [-0.4, -0.2) is 21.6 Å². The van der Waals surface area contributed by atoms with Gasteiger partial charge in [0, 0.05) is 5.70 Å². The third-order valence-electron chi connectivity index (χ3n) is 5.31. The number of nitrogens with zero attached hydrogens (tertiary/aromatic N) is 2. The summed E-state index contributed by atoms with van der Waals surface area (Å²) in [6.07, 6.45) is -0.187. The molecule has 1 N–H and O–H groups in total. The number of hydrogen-bond acceptors (Lipinski definition) is 4. The second-order valence-corrected chi connectivity index (χ2v) is 8.14. The Morgan fingerprint density at radius 3 is 2.41 bits per heavy atom. The lowest BCUT2D eigenvalue weighted by Crippen LogP contribution is -2.30. The first kappa shape index (κ1) is 19.2. The molecule has 0 aliphatic carbocycles. The number of benzene rings is 2. The maximum atomic E-state index is 13.1. The zero-order chi connectivity index (χ0) is 20.7.